The zero-order valence-corrected chi connectivity index (χ0v) is 19.1. The van der Waals surface area contributed by atoms with E-state index in [4.69, 9.17) is 25.0 Å². The summed E-state index contributed by atoms with van der Waals surface area (Å²) in [6.07, 6.45) is 5.79. The molecule has 35 heavy (non-hydrogen) atoms. The summed E-state index contributed by atoms with van der Waals surface area (Å²) in [7, 11) is 0. The molecule has 5 aromatic rings. The third kappa shape index (κ3) is 3.10. The van der Waals surface area contributed by atoms with Gasteiger partial charge in [0, 0.05) is 17.3 Å². The van der Waals surface area contributed by atoms with Crippen molar-refractivity contribution in [3.8, 4) is 28.9 Å². The lowest BCUT2D eigenvalue weighted by atomic mass is 9.80. The summed E-state index contributed by atoms with van der Waals surface area (Å²) in [5.74, 6) is 1.72. The minimum atomic E-state index is -0.188. The number of furan rings is 1. The third-order valence-corrected chi connectivity index (χ3v) is 7.06. The van der Waals surface area contributed by atoms with Crippen LogP contribution in [-0.4, -0.2) is 14.8 Å². The SMILES string of the molecule is Nc1c2c(nc3c1C(c1ccccc1)c1c(-c4ccco4)nn(-c4ccccc4)c1O3)CCCC2. The molecule has 7 rings (SSSR count). The van der Waals surface area contributed by atoms with Crippen molar-refractivity contribution in [2.75, 3.05) is 5.73 Å². The number of rotatable bonds is 3. The van der Waals surface area contributed by atoms with E-state index in [1.165, 1.54) is 0 Å². The van der Waals surface area contributed by atoms with E-state index >= 15 is 0 Å². The molecule has 0 spiro atoms. The van der Waals surface area contributed by atoms with Crippen molar-refractivity contribution in [3.63, 3.8) is 0 Å². The van der Waals surface area contributed by atoms with Crippen LogP contribution in [-0.2, 0) is 12.8 Å². The lowest BCUT2D eigenvalue weighted by molar-refractivity contribution is 0.401. The number of pyridine rings is 1. The van der Waals surface area contributed by atoms with Crippen molar-refractivity contribution in [2.45, 2.75) is 31.6 Å². The van der Waals surface area contributed by atoms with Crippen molar-refractivity contribution in [2.24, 2.45) is 0 Å². The minimum absolute atomic E-state index is 0.188. The molecular formula is C29H24N4O2. The Kier molecular flexibility index (Phi) is 4.52. The second kappa shape index (κ2) is 7.87. The van der Waals surface area contributed by atoms with E-state index in [9.17, 15) is 0 Å². The molecule has 2 N–H and O–H groups in total. The molecule has 0 radical (unpaired) electrons. The fourth-order valence-corrected chi connectivity index (χ4v) is 5.45. The zero-order chi connectivity index (χ0) is 23.4. The predicted molar refractivity (Wildman–Crippen MR) is 134 cm³/mol. The number of fused-ring (bicyclic) bond motifs is 3. The van der Waals surface area contributed by atoms with Crippen LogP contribution in [0.25, 0.3) is 17.1 Å². The largest absolute Gasteiger partial charge is 0.463 e. The van der Waals surface area contributed by atoms with Crippen LogP contribution in [0.4, 0.5) is 5.69 Å². The Morgan fingerprint density at radius 1 is 0.857 bits per heavy atom. The Hall–Kier alpha value is -4.32. The van der Waals surface area contributed by atoms with Gasteiger partial charge in [0.05, 0.1) is 23.1 Å². The highest BCUT2D eigenvalue weighted by atomic mass is 16.5. The molecule has 2 aromatic carbocycles. The third-order valence-electron chi connectivity index (χ3n) is 7.06. The van der Waals surface area contributed by atoms with Crippen LogP contribution in [0.1, 0.15) is 46.7 Å². The highest BCUT2D eigenvalue weighted by Crippen LogP contribution is 2.53. The van der Waals surface area contributed by atoms with E-state index in [0.717, 1.165) is 70.7 Å². The molecule has 1 aliphatic carbocycles. The minimum Gasteiger partial charge on any atom is -0.463 e. The Labute approximate surface area is 203 Å². The quantitative estimate of drug-likeness (QED) is 0.336. The number of ether oxygens (including phenoxy) is 1. The second-order valence-corrected chi connectivity index (χ2v) is 9.11. The molecule has 1 aliphatic heterocycles. The van der Waals surface area contributed by atoms with Crippen LogP contribution >= 0.6 is 0 Å². The lowest BCUT2D eigenvalue weighted by Crippen LogP contribution is -2.20. The topological polar surface area (TPSA) is 79.1 Å². The van der Waals surface area contributed by atoms with Gasteiger partial charge in [0.1, 0.15) is 5.69 Å². The first-order chi connectivity index (χ1) is 17.3. The highest BCUT2D eigenvalue weighted by Gasteiger charge is 2.40. The first-order valence-corrected chi connectivity index (χ1v) is 12.1. The number of hydrogen-bond acceptors (Lipinski definition) is 5. The van der Waals surface area contributed by atoms with Gasteiger partial charge < -0.3 is 14.9 Å². The number of benzene rings is 2. The van der Waals surface area contributed by atoms with Crippen LogP contribution in [0, 0.1) is 0 Å². The first-order valence-electron chi connectivity index (χ1n) is 12.1. The summed E-state index contributed by atoms with van der Waals surface area (Å²) >= 11 is 0. The van der Waals surface area contributed by atoms with E-state index in [2.05, 4.69) is 24.3 Å². The average Bonchev–Trinajstić information content (AvgIpc) is 3.57. The summed E-state index contributed by atoms with van der Waals surface area (Å²) < 4.78 is 14.3. The summed E-state index contributed by atoms with van der Waals surface area (Å²) in [5.41, 5.74) is 14.6. The van der Waals surface area contributed by atoms with Crippen LogP contribution < -0.4 is 10.5 Å². The molecule has 0 saturated carbocycles. The van der Waals surface area contributed by atoms with E-state index < -0.39 is 0 Å². The molecule has 0 saturated heterocycles. The monoisotopic (exact) mass is 460 g/mol. The van der Waals surface area contributed by atoms with Gasteiger partial charge in [0.2, 0.25) is 11.8 Å². The van der Waals surface area contributed by atoms with Crippen molar-refractivity contribution >= 4 is 5.69 Å². The number of nitrogens with zero attached hydrogens (tertiary/aromatic N) is 3. The number of para-hydroxylation sites is 1. The van der Waals surface area contributed by atoms with E-state index in [0.29, 0.717) is 17.5 Å². The lowest BCUT2D eigenvalue weighted by Gasteiger charge is -2.30. The maximum atomic E-state index is 6.93. The van der Waals surface area contributed by atoms with Gasteiger partial charge in [-0.2, -0.15) is 9.78 Å². The molecule has 6 heteroatoms. The van der Waals surface area contributed by atoms with Gasteiger partial charge in [0.15, 0.2) is 5.76 Å². The van der Waals surface area contributed by atoms with Gasteiger partial charge >= 0.3 is 0 Å². The van der Waals surface area contributed by atoms with Gasteiger partial charge in [0.25, 0.3) is 0 Å². The molecule has 1 unspecified atom stereocenters. The fourth-order valence-electron chi connectivity index (χ4n) is 5.45. The molecule has 0 bridgehead atoms. The maximum Gasteiger partial charge on any atom is 0.229 e. The zero-order valence-electron chi connectivity index (χ0n) is 19.1. The van der Waals surface area contributed by atoms with Gasteiger partial charge in [-0.3, -0.25) is 0 Å². The van der Waals surface area contributed by atoms with Crippen molar-refractivity contribution in [1.29, 1.82) is 0 Å². The molecule has 1 atom stereocenters. The summed E-state index contributed by atoms with van der Waals surface area (Å²) in [4.78, 5) is 5.03. The number of aromatic nitrogens is 3. The van der Waals surface area contributed by atoms with Crippen molar-refractivity contribution < 1.29 is 9.15 Å². The Bertz CT molecular complexity index is 1520. The smallest absolute Gasteiger partial charge is 0.229 e. The van der Waals surface area contributed by atoms with E-state index in [-0.39, 0.29) is 5.92 Å². The maximum absolute atomic E-state index is 6.93. The number of aryl methyl sites for hydroxylation is 1. The average molecular weight is 461 g/mol. The first kappa shape index (κ1) is 20.1. The molecule has 0 amide bonds. The number of nitrogen functional groups attached to an aromatic ring is 1. The van der Waals surface area contributed by atoms with Gasteiger partial charge in [-0.1, -0.05) is 48.5 Å². The number of nitrogens with two attached hydrogens (primary N) is 1. The standard InChI is InChI=1S/C29H24N4O2/c30-26-20-14-7-8-15-21(20)31-28-24(26)23(18-10-3-1-4-11-18)25-27(22-16-9-17-34-22)32-33(29(25)35-28)19-12-5-2-6-13-19/h1-6,9-13,16-17,23H,7-8,14-15H2,(H2,30,31). The fraction of sp³-hybridized carbons (Fsp3) is 0.172. The molecule has 6 nitrogen and oxygen atoms in total. The second-order valence-electron chi connectivity index (χ2n) is 9.11. The van der Waals surface area contributed by atoms with E-state index in [1.54, 1.807) is 6.26 Å². The van der Waals surface area contributed by atoms with Crippen LogP contribution in [0.2, 0.25) is 0 Å². The molecular weight excluding hydrogens is 436 g/mol. The van der Waals surface area contributed by atoms with Gasteiger partial charge in [-0.05, 0) is 61.1 Å². The van der Waals surface area contributed by atoms with Crippen LogP contribution in [0.15, 0.2) is 83.5 Å². The Morgan fingerprint density at radius 2 is 1.63 bits per heavy atom. The Morgan fingerprint density at radius 3 is 2.40 bits per heavy atom. The number of anilines is 1. The van der Waals surface area contributed by atoms with Crippen LogP contribution in [0.5, 0.6) is 11.8 Å². The van der Waals surface area contributed by atoms with Crippen molar-refractivity contribution in [3.05, 3.63) is 107 Å². The van der Waals surface area contributed by atoms with Crippen LogP contribution in [0.3, 0.4) is 0 Å². The molecule has 0 fully saturated rings. The molecule has 4 heterocycles. The number of hydrogen-bond donors (Lipinski definition) is 1. The van der Waals surface area contributed by atoms with Gasteiger partial charge in [-0.15, -0.1) is 0 Å². The molecule has 3 aromatic heterocycles. The Balaban J connectivity index is 1.56. The van der Waals surface area contributed by atoms with Gasteiger partial charge in [-0.25, -0.2) is 4.98 Å². The molecule has 2 aliphatic rings. The molecule has 172 valence electrons. The summed E-state index contributed by atoms with van der Waals surface area (Å²) in [5, 5.41) is 5.02. The predicted octanol–water partition coefficient (Wildman–Crippen LogP) is 6.27. The summed E-state index contributed by atoms with van der Waals surface area (Å²) in [6, 6.07) is 24.2. The normalized spacial score (nSPS) is 16.2. The van der Waals surface area contributed by atoms with E-state index in [1.807, 2.05) is 53.2 Å². The highest BCUT2D eigenvalue weighted by molar-refractivity contribution is 5.74. The van der Waals surface area contributed by atoms with Crippen molar-refractivity contribution in [1.82, 2.24) is 14.8 Å². The summed E-state index contributed by atoms with van der Waals surface area (Å²) in [6.45, 7) is 0.